The van der Waals surface area contributed by atoms with Crippen molar-refractivity contribution in [1.82, 2.24) is 15.4 Å². The van der Waals surface area contributed by atoms with Crippen LogP contribution in [0.2, 0.25) is 0 Å². The van der Waals surface area contributed by atoms with Gasteiger partial charge in [0.25, 0.3) is 22.6 Å². The van der Waals surface area contributed by atoms with Crippen LogP contribution in [-0.2, 0) is 0 Å². The van der Waals surface area contributed by atoms with Crippen molar-refractivity contribution in [2.75, 3.05) is 0 Å². The van der Waals surface area contributed by atoms with Crippen LogP contribution in [0.4, 0.5) is 0 Å². The maximum absolute atomic E-state index is 2.78. The number of hydrogen-bond donors (Lipinski definition) is 3. The highest BCUT2D eigenvalue weighted by Crippen LogP contribution is 1.46. The largest absolute Gasteiger partial charge is 0.379 e. The van der Waals surface area contributed by atoms with Gasteiger partial charge >= 0.3 is 0 Å². The van der Waals surface area contributed by atoms with Crippen molar-refractivity contribution >= 4 is 33.6 Å². The summed E-state index contributed by atoms with van der Waals surface area (Å²) < 4.78 is 0. The van der Waals surface area contributed by atoms with E-state index in [-0.39, 0.29) is 11.0 Å². The van der Waals surface area contributed by atoms with Gasteiger partial charge in [-0.25, -0.2) is 0 Å². The predicted molar refractivity (Wildman–Crippen MR) is 38.0 cm³/mol. The molecule has 1 rings (SSSR count). The van der Waals surface area contributed by atoms with Gasteiger partial charge in [0.15, 0.2) is 0 Å². The molecule has 7 heavy (non-hydrogen) atoms. The van der Waals surface area contributed by atoms with Crippen LogP contribution >= 0.6 is 0 Å². The van der Waals surface area contributed by atoms with Crippen molar-refractivity contribution < 1.29 is 0 Å². The van der Waals surface area contributed by atoms with E-state index in [1.807, 2.05) is 0 Å². The molecule has 1 aliphatic heterocycles. The van der Waals surface area contributed by atoms with Crippen molar-refractivity contribution in [2.45, 2.75) is 0 Å². The Hall–Kier alpha value is 0.292. The van der Waals surface area contributed by atoms with Gasteiger partial charge in [0.2, 0.25) is 0 Å². The average molecular weight is 110 g/mol. The van der Waals surface area contributed by atoms with Crippen molar-refractivity contribution in [3.8, 4) is 0 Å². The summed E-state index contributed by atoms with van der Waals surface area (Å²) in [5.74, 6) is 0. The molecule has 0 amide bonds. The zero-order valence-corrected chi connectivity index (χ0v) is 3.23. The SMILES string of the molecule is [B]1N[B]N[B]N1.[SiH4]. The first-order valence-electron chi connectivity index (χ1n) is 1.73. The molecule has 3 radical (unpaired) electrons. The van der Waals surface area contributed by atoms with Gasteiger partial charge in [-0.1, -0.05) is 0 Å². The Balaban J connectivity index is 0.000000360. The number of rotatable bonds is 0. The Morgan fingerprint density at radius 1 is 0.714 bits per heavy atom. The lowest BCUT2D eigenvalue weighted by Crippen LogP contribution is -2.55. The average Bonchev–Trinajstić information content (AvgIpc) is 1.72. The van der Waals surface area contributed by atoms with Crippen molar-refractivity contribution in [1.29, 1.82) is 0 Å². The van der Waals surface area contributed by atoms with E-state index in [1.165, 1.54) is 0 Å². The summed E-state index contributed by atoms with van der Waals surface area (Å²) in [6, 6.07) is 0. The standard InChI is InChI=1S/B3H3N3.H4Si/c1-4-2-6-3-5-1;/h4-6H;1H4. The molecule has 0 aromatic carbocycles. The molecular formula is H7B3N3Si. The molecule has 0 aromatic rings. The van der Waals surface area contributed by atoms with Crippen LogP contribution in [0.3, 0.4) is 0 Å². The maximum atomic E-state index is 2.78. The van der Waals surface area contributed by atoms with E-state index in [4.69, 9.17) is 0 Å². The van der Waals surface area contributed by atoms with E-state index < -0.39 is 0 Å². The van der Waals surface area contributed by atoms with Crippen LogP contribution in [0.1, 0.15) is 0 Å². The minimum Gasteiger partial charge on any atom is -0.379 e. The van der Waals surface area contributed by atoms with Crippen LogP contribution in [0.5, 0.6) is 0 Å². The van der Waals surface area contributed by atoms with Gasteiger partial charge in [-0.15, -0.1) is 0 Å². The lowest BCUT2D eigenvalue weighted by molar-refractivity contribution is 1.28. The lowest BCUT2D eigenvalue weighted by atomic mass is 9.85. The second-order valence-electron chi connectivity index (χ2n) is 0.933. The third-order valence-corrected chi connectivity index (χ3v) is 0.500. The van der Waals surface area contributed by atoms with Crippen molar-refractivity contribution in [3.05, 3.63) is 0 Å². The molecule has 0 aromatic heterocycles. The Labute approximate surface area is 49.9 Å². The fourth-order valence-electron chi connectivity index (χ4n) is 0.269. The molecule has 0 bridgehead atoms. The molecule has 3 N–H and O–H groups in total. The third kappa shape index (κ3) is 2.93. The van der Waals surface area contributed by atoms with Gasteiger partial charge in [-0.05, 0) is 11.0 Å². The van der Waals surface area contributed by atoms with E-state index in [0.717, 1.165) is 0 Å². The molecule has 0 saturated carbocycles. The zero-order valence-electron chi connectivity index (χ0n) is 3.23. The maximum Gasteiger partial charge on any atom is 0.284 e. The summed E-state index contributed by atoms with van der Waals surface area (Å²) in [7, 11) is 5.16. The summed E-state index contributed by atoms with van der Waals surface area (Å²) in [6.07, 6.45) is 0. The Morgan fingerprint density at radius 3 is 1.14 bits per heavy atom. The van der Waals surface area contributed by atoms with Crippen LogP contribution in [-0.4, -0.2) is 33.6 Å². The Morgan fingerprint density at radius 2 is 1.00 bits per heavy atom. The van der Waals surface area contributed by atoms with Gasteiger partial charge in [0.1, 0.15) is 0 Å². The summed E-state index contributed by atoms with van der Waals surface area (Å²) in [4.78, 5) is 0. The highest BCUT2D eigenvalue weighted by molar-refractivity contribution is 6.65. The van der Waals surface area contributed by atoms with Crippen LogP contribution in [0.15, 0.2) is 0 Å². The fourth-order valence-corrected chi connectivity index (χ4v) is 0.269. The molecule has 0 aliphatic carbocycles. The highest BCUT2D eigenvalue weighted by atomic mass is 28.1. The normalized spacial score (nSPS) is 17.1. The minimum atomic E-state index is 0. The van der Waals surface area contributed by atoms with Gasteiger partial charge in [-0.3, -0.25) is 0 Å². The van der Waals surface area contributed by atoms with E-state index in [2.05, 4.69) is 15.4 Å². The first kappa shape index (κ1) is 7.29. The third-order valence-electron chi connectivity index (χ3n) is 0.500. The molecule has 0 spiro atoms. The van der Waals surface area contributed by atoms with Crippen molar-refractivity contribution in [2.24, 2.45) is 0 Å². The van der Waals surface area contributed by atoms with Gasteiger partial charge in [0, 0.05) is 0 Å². The lowest BCUT2D eigenvalue weighted by Gasteiger charge is -2.07. The second kappa shape index (κ2) is 4.45. The van der Waals surface area contributed by atoms with E-state index >= 15 is 0 Å². The monoisotopic (exact) mass is 110 g/mol. The number of nitrogens with one attached hydrogen (secondary N) is 3. The molecule has 1 aliphatic rings. The van der Waals surface area contributed by atoms with Crippen LogP contribution in [0.25, 0.3) is 0 Å². The molecule has 1 saturated heterocycles. The topological polar surface area (TPSA) is 36.1 Å². The summed E-state index contributed by atoms with van der Waals surface area (Å²) >= 11 is 0. The predicted octanol–water partition coefficient (Wildman–Crippen LogP) is -4.08. The van der Waals surface area contributed by atoms with Gasteiger partial charge < -0.3 is 15.4 Å². The molecule has 35 valence electrons. The summed E-state index contributed by atoms with van der Waals surface area (Å²) in [5, 5.41) is 8.34. The van der Waals surface area contributed by atoms with Gasteiger partial charge in [-0.2, -0.15) is 0 Å². The molecule has 0 atom stereocenters. The van der Waals surface area contributed by atoms with Crippen LogP contribution in [0, 0.1) is 0 Å². The molecule has 1 fully saturated rings. The minimum absolute atomic E-state index is 0. The molecule has 7 heteroatoms. The molecule has 1 heterocycles. The summed E-state index contributed by atoms with van der Waals surface area (Å²) in [5.41, 5.74) is 0. The zero-order chi connectivity index (χ0) is 4.24. The quantitative estimate of drug-likeness (QED) is 0.277. The van der Waals surface area contributed by atoms with E-state index in [9.17, 15) is 0 Å². The van der Waals surface area contributed by atoms with E-state index in [0.29, 0.717) is 0 Å². The molecule has 0 unspecified atom stereocenters. The van der Waals surface area contributed by atoms with Crippen LogP contribution < -0.4 is 15.4 Å². The first-order valence-corrected chi connectivity index (χ1v) is 1.73. The Bertz CT molecular complexity index is 25.7. The highest BCUT2D eigenvalue weighted by Gasteiger charge is 1.98. The Kier molecular flexibility index (Phi) is 4.64. The van der Waals surface area contributed by atoms with Crippen molar-refractivity contribution in [3.63, 3.8) is 0 Å². The smallest absolute Gasteiger partial charge is 0.284 e. The molecular weight excluding hydrogens is 103 g/mol. The first-order chi connectivity index (χ1) is 3.00. The fraction of sp³-hybridized carbons (Fsp3) is 0. The van der Waals surface area contributed by atoms with E-state index in [1.54, 1.807) is 22.6 Å². The summed E-state index contributed by atoms with van der Waals surface area (Å²) in [6.45, 7) is 0. The molecule has 3 nitrogen and oxygen atoms in total. The second-order valence-corrected chi connectivity index (χ2v) is 0.933. The number of hydrogen-bond acceptors (Lipinski definition) is 3. The van der Waals surface area contributed by atoms with Gasteiger partial charge in [0.05, 0.1) is 0 Å².